The molecule has 0 saturated carbocycles. The number of aryl methyl sites for hydroxylation is 1. The van der Waals surface area contributed by atoms with Crippen LogP contribution in [0.1, 0.15) is 50.7 Å². The minimum absolute atomic E-state index is 0.222. The third-order valence-electron chi connectivity index (χ3n) is 4.44. The fourth-order valence-corrected chi connectivity index (χ4v) is 2.96. The van der Waals surface area contributed by atoms with Crippen LogP contribution in [-0.4, -0.2) is 18.7 Å². The van der Waals surface area contributed by atoms with Crippen LogP contribution in [0.25, 0.3) is 0 Å². The van der Waals surface area contributed by atoms with Gasteiger partial charge in [-0.2, -0.15) is 0 Å². The monoisotopic (exact) mass is 274 g/mol. The Labute approximate surface area is 120 Å². The number of methoxy groups -OCH3 is 1. The molecule has 0 bridgehead atoms. The predicted molar refractivity (Wildman–Crippen MR) is 78.2 cm³/mol. The molecule has 2 rings (SSSR count). The van der Waals surface area contributed by atoms with Crippen molar-refractivity contribution >= 4 is 11.6 Å². The number of benzene rings is 1. The van der Waals surface area contributed by atoms with Crippen molar-refractivity contribution in [3.05, 3.63) is 29.3 Å². The van der Waals surface area contributed by atoms with Crippen LogP contribution in [-0.2, 0) is 21.4 Å². The highest BCUT2D eigenvalue weighted by Gasteiger charge is 2.39. The van der Waals surface area contributed by atoms with E-state index in [2.05, 4.69) is 0 Å². The number of Topliss-reactive ketones (excluding diaryl/α,β-unsaturated/α-hetero) is 2. The molecule has 0 radical (unpaired) electrons. The van der Waals surface area contributed by atoms with Crippen molar-refractivity contribution in [2.75, 3.05) is 7.11 Å². The van der Waals surface area contributed by atoms with Crippen LogP contribution in [0.5, 0.6) is 5.75 Å². The Kier molecular flexibility index (Phi) is 4.26. The Morgan fingerprint density at radius 1 is 1.35 bits per heavy atom. The van der Waals surface area contributed by atoms with E-state index in [0.717, 1.165) is 17.7 Å². The van der Waals surface area contributed by atoms with Gasteiger partial charge in [0.2, 0.25) is 0 Å². The quantitative estimate of drug-likeness (QED) is 0.828. The summed E-state index contributed by atoms with van der Waals surface area (Å²) in [5, 5.41) is 0. The Morgan fingerprint density at radius 3 is 2.75 bits per heavy atom. The Hall–Kier alpha value is -1.64. The number of hydrogen-bond donors (Lipinski definition) is 0. The van der Waals surface area contributed by atoms with Gasteiger partial charge in [0.1, 0.15) is 17.3 Å². The van der Waals surface area contributed by atoms with Gasteiger partial charge in [-0.15, -0.1) is 0 Å². The number of rotatable bonds is 5. The number of hydrogen-bond acceptors (Lipinski definition) is 3. The molecule has 0 aliphatic heterocycles. The smallest absolute Gasteiger partial charge is 0.143 e. The van der Waals surface area contributed by atoms with Crippen molar-refractivity contribution in [3.63, 3.8) is 0 Å². The highest BCUT2D eigenvalue weighted by Crippen LogP contribution is 2.39. The summed E-state index contributed by atoms with van der Waals surface area (Å²) in [7, 11) is 1.65. The van der Waals surface area contributed by atoms with Crippen molar-refractivity contribution < 1.29 is 14.3 Å². The zero-order valence-electron chi connectivity index (χ0n) is 12.5. The SMILES string of the molecule is CCC(=O)CC[C@@]1(C)C(=O)CCc2cc(OC)ccc21. The highest BCUT2D eigenvalue weighted by atomic mass is 16.5. The minimum atomic E-state index is -0.523. The van der Waals surface area contributed by atoms with Crippen molar-refractivity contribution in [2.45, 2.75) is 51.4 Å². The van der Waals surface area contributed by atoms with E-state index in [1.54, 1.807) is 7.11 Å². The van der Waals surface area contributed by atoms with E-state index in [9.17, 15) is 9.59 Å². The summed E-state index contributed by atoms with van der Waals surface area (Å²) in [6, 6.07) is 5.90. The molecule has 0 aromatic heterocycles. The number of carbonyl (C=O) groups is 2. The molecular weight excluding hydrogens is 252 g/mol. The highest BCUT2D eigenvalue weighted by molar-refractivity contribution is 5.92. The standard InChI is InChI=1S/C17H22O3/c1-4-13(18)9-10-17(2)15-7-6-14(20-3)11-12(15)5-8-16(17)19/h6-7,11H,4-5,8-10H2,1-3H3/t17-/m1/s1. The van der Waals surface area contributed by atoms with Gasteiger partial charge in [0.15, 0.2) is 0 Å². The maximum atomic E-state index is 12.4. The van der Waals surface area contributed by atoms with Crippen LogP contribution in [0.2, 0.25) is 0 Å². The fourth-order valence-electron chi connectivity index (χ4n) is 2.96. The molecule has 1 aromatic carbocycles. The van der Waals surface area contributed by atoms with Gasteiger partial charge in [-0.25, -0.2) is 0 Å². The van der Waals surface area contributed by atoms with Gasteiger partial charge in [-0.3, -0.25) is 9.59 Å². The van der Waals surface area contributed by atoms with E-state index < -0.39 is 5.41 Å². The van der Waals surface area contributed by atoms with E-state index in [1.807, 2.05) is 32.0 Å². The van der Waals surface area contributed by atoms with E-state index in [0.29, 0.717) is 25.7 Å². The molecule has 1 aliphatic carbocycles. The van der Waals surface area contributed by atoms with Crippen molar-refractivity contribution in [1.82, 2.24) is 0 Å². The molecule has 0 spiro atoms. The summed E-state index contributed by atoms with van der Waals surface area (Å²) in [6.07, 6.45) is 2.95. The first-order valence-electron chi connectivity index (χ1n) is 7.23. The first kappa shape index (κ1) is 14.8. The van der Waals surface area contributed by atoms with Crippen LogP contribution in [0.15, 0.2) is 18.2 Å². The lowest BCUT2D eigenvalue weighted by atomic mass is 9.67. The first-order valence-corrected chi connectivity index (χ1v) is 7.23. The molecule has 3 heteroatoms. The largest absolute Gasteiger partial charge is 0.497 e. The summed E-state index contributed by atoms with van der Waals surface area (Å²) >= 11 is 0. The average molecular weight is 274 g/mol. The predicted octanol–water partition coefficient (Wildman–Crippen LogP) is 3.23. The molecule has 3 nitrogen and oxygen atoms in total. The normalized spacial score (nSPS) is 21.4. The molecule has 0 heterocycles. The Morgan fingerprint density at radius 2 is 2.10 bits per heavy atom. The zero-order valence-corrected chi connectivity index (χ0v) is 12.5. The molecule has 108 valence electrons. The lowest BCUT2D eigenvalue weighted by Crippen LogP contribution is -2.37. The van der Waals surface area contributed by atoms with Crippen molar-refractivity contribution in [2.24, 2.45) is 0 Å². The van der Waals surface area contributed by atoms with E-state index >= 15 is 0 Å². The molecule has 1 atom stereocenters. The van der Waals surface area contributed by atoms with Crippen LogP contribution in [0.4, 0.5) is 0 Å². The molecule has 20 heavy (non-hydrogen) atoms. The first-order chi connectivity index (χ1) is 9.51. The number of fused-ring (bicyclic) bond motifs is 1. The number of ketones is 2. The van der Waals surface area contributed by atoms with Gasteiger partial charge in [0, 0.05) is 19.3 Å². The van der Waals surface area contributed by atoms with E-state index in [1.165, 1.54) is 5.56 Å². The van der Waals surface area contributed by atoms with Crippen LogP contribution < -0.4 is 4.74 Å². The molecule has 1 aliphatic rings. The summed E-state index contributed by atoms with van der Waals surface area (Å²) in [6.45, 7) is 3.84. The van der Waals surface area contributed by atoms with Crippen molar-refractivity contribution in [3.8, 4) is 5.75 Å². The second kappa shape index (κ2) is 5.78. The van der Waals surface area contributed by atoms with Crippen molar-refractivity contribution in [1.29, 1.82) is 0 Å². The third-order valence-corrected chi connectivity index (χ3v) is 4.44. The summed E-state index contributed by atoms with van der Waals surface area (Å²) in [5.74, 6) is 1.30. The van der Waals surface area contributed by atoms with Gasteiger partial charge in [-0.1, -0.05) is 13.0 Å². The Bertz CT molecular complexity index is 533. The van der Waals surface area contributed by atoms with Gasteiger partial charge in [0.25, 0.3) is 0 Å². The van der Waals surface area contributed by atoms with Gasteiger partial charge in [-0.05, 0) is 43.0 Å². The molecule has 0 saturated heterocycles. The molecule has 0 N–H and O–H groups in total. The van der Waals surface area contributed by atoms with Gasteiger partial charge in [0.05, 0.1) is 12.5 Å². The zero-order chi connectivity index (χ0) is 14.8. The number of carbonyl (C=O) groups excluding carboxylic acids is 2. The molecule has 0 unspecified atom stereocenters. The average Bonchev–Trinajstić information content (AvgIpc) is 2.48. The molecule has 0 amide bonds. The molecule has 0 fully saturated rings. The maximum absolute atomic E-state index is 12.4. The lowest BCUT2D eigenvalue weighted by Gasteiger charge is -2.34. The van der Waals surface area contributed by atoms with Crippen LogP contribution in [0.3, 0.4) is 0 Å². The van der Waals surface area contributed by atoms with Crippen LogP contribution in [0, 0.1) is 0 Å². The lowest BCUT2D eigenvalue weighted by molar-refractivity contribution is -0.125. The van der Waals surface area contributed by atoms with E-state index in [-0.39, 0.29) is 11.6 Å². The Balaban J connectivity index is 2.33. The maximum Gasteiger partial charge on any atom is 0.143 e. The minimum Gasteiger partial charge on any atom is -0.497 e. The summed E-state index contributed by atoms with van der Waals surface area (Å²) < 4.78 is 5.25. The van der Waals surface area contributed by atoms with Crippen LogP contribution >= 0.6 is 0 Å². The second-order valence-corrected chi connectivity index (χ2v) is 5.67. The third kappa shape index (κ3) is 2.62. The second-order valence-electron chi connectivity index (χ2n) is 5.67. The fraction of sp³-hybridized carbons (Fsp3) is 0.529. The number of ether oxygens (including phenoxy) is 1. The molecular formula is C17H22O3. The summed E-state index contributed by atoms with van der Waals surface area (Å²) in [4.78, 5) is 24.0. The van der Waals surface area contributed by atoms with E-state index in [4.69, 9.17) is 4.74 Å². The van der Waals surface area contributed by atoms with Gasteiger partial charge >= 0.3 is 0 Å². The molecule has 1 aromatic rings. The summed E-state index contributed by atoms with van der Waals surface area (Å²) in [5.41, 5.74) is 1.72. The topological polar surface area (TPSA) is 43.4 Å². The van der Waals surface area contributed by atoms with Gasteiger partial charge < -0.3 is 4.74 Å².